The first-order valence-corrected chi connectivity index (χ1v) is 9.73. The van der Waals surface area contributed by atoms with Gasteiger partial charge in [0.15, 0.2) is 5.69 Å². The Morgan fingerprint density at radius 2 is 1.89 bits per heavy atom. The molecule has 9 heteroatoms. The minimum absolute atomic E-state index is 0.0491. The first-order chi connectivity index (χ1) is 13.4. The summed E-state index contributed by atoms with van der Waals surface area (Å²) in [4.78, 5) is 18.4. The van der Waals surface area contributed by atoms with Crippen LogP contribution in [0.4, 0.5) is 5.69 Å². The molecule has 2 aromatic carbocycles. The molecule has 0 saturated carbocycles. The lowest BCUT2D eigenvalue weighted by Crippen LogP contribution is -2.99. The van der Waals surface area contributed by atoms with Gasteiger partial charge in [-0.05, 0) is 11.6 Å². The number of carbonyl (C=O) groups excluding carboxylic acids is 1. The number of esters is 1. The third kappa shape index (κ3) is 3.98. The maximum atomic E-state index is 12.9. The predicted molar refractivity (Wildman–Crippen MR) is 101 cm³/mol. The molecule has 0 radical (unpaired) electrons. The van der Waals surface area contributed by atoms with Gasteiger partial charge in [-0.1, -0.05) is 42.5 Å². The lowest BCUT2D eigenvalue weighted by molar-refractivity contribution is -0.992. The number of quaternary nitrogens is 1. The number of hydroxylamine groups is 2. The van der Waals surface area contributed by atoms with E-state index in [1.54, 1.807) is 19.2 Å². The number of rotatable bonds is 6. The summed E-state index contributed by atoms with van der Waals surface area (Å²) in [5.74, 6) is -0.541. The summed E-state index contributed by atoms with van der Waals surface area (Å²) >= 11 is 0. The fourth-order valence-electron chi connectivity index (χ4n) is 3.10. The van der Waals surface area contributed by atoms with E-state index in [-0.39, 0.29) is 27.7 Å². The molecule has 8 nitrogen and oxygen atoms in total. The van der Waals surface area contributed by atoms with Crippen LogP contribution in [0.5, 0.6) is 0 Å². The van der Waals surface area contributed by atoms with Gasteiger partial charge in [0, 0.05) is 13.1 Å². The van der Waals surface area contributed by atoms with E-state index in [0.29, 0.717) is 0 Å². The maximum Gasteiger partial charge on any atom is 0.339 e. The van der Waals surface area contributed by atoms with Crippen LogP contribution in [-0.2, 0) is 25.2 Å². The van der Waals surface area contributed by atoms with Crippen LogP contribution in [0.1, 0.15) is 11.6 Å². The smallest absolute Gasteiger partial charge is 0.339 e. The summed E-state index contributed by atoms with van der Waals surface area (Å²) in [6.45, 7) is 0. The quantitative estimate of drug-likeness (QED) is 0.552. The Labute approximate surface area is 164 Å². The highest BCUT2D eigenvalue weighted by molar-refractivity contribution is 7.85. The number of nitrogens with one attached hydrogen (secondary N) is 1. The molecule has 1 heterocycles. The van der Waals surface area contributed by atoms with Crippen LogP contribution in [0, 0.1) is 5.21 Å². The highest BCUT2D eigenvalue weighted by Gasteiger charge is 2.39. The molecule has 3 unspecified atom stereocenters. The van der Waals surface area contributed by atoms with Crippen LogP contribution >= 0.6 is 0 Å². The average Bonchev–Trinajstić information content (AvgIpc) is 3.03. The Morgan fingerprint density at radius 3 is 2.54 bits per heavy atom. The molecule has 0 bridgehead atoms. The van der Waals surface area contributed by atoms with Gasteiger partial charge in [-0.25, -0.2) is 10.0 Å². The van der Waals surface area contributed by atoms with E-state index < -0.39 is 28.0 Å². The summed E-state index contributed by atoms with van der Waals surface area (Å²) < 4.78 is 17.8. The van der Waals surface area contributed by atoms with Gasteiger partial charge >= 0.3 is 5.97 Å². The second-order valence-corrected chi connectivity index (χ2v) is 7.49. The topological polar surface area (TPSA) is 104 Å². The zero-order valence-electron chi connectivity index (χ0n) is 15.3. The van der Waals surface area contributed by atoms with Crippen LogP contribution in [0.3, 0.4) is 0 Å². The van der Waals surface area contributed by atoms with Crippen molar-refractivity contribution >= 4 is 22.5 Å². The Bertz CT molecular complexity index is 916. The van der Waals surface area contributed by atoms with Crippen molar-refractivity contribution in [2.75, 3.05) is 19.9 Å². The summed E-state index contributed by atoms with van der Waals surface area (Å²) in [5.41, 5.74) is 1.02. The SMILES string of the molecule is COC(=O)C1=C(CS(=O)c2ccccc2[NH+]([O-])O)ON(C)C1c1ccccc1. The Kier molecular flexibility index (Phi) is 6.22. The van der Waals surface area contributed by atoms with Crippen molar-refractivity contribution in [3.63, 3.8) is 0 Å². The highest BCUT2D eigenvalue weighted by atomic mass is 32.2. The number of benzene rings is 2. The summed E-state index contributed by atoms with van der Waals surface area (Å²) in [5, 5.41) is 21.1. The molecule has 28 heavy (non-hydrogen) atoms. The Morgan fingerprint density at radius 1 is 1.25 bits per heavy atom. The van der Waals surface area contributed by atoms with Gasteiger partial charge in [0.2, 0.25) is 0 Å². The van der Waals surface area contributed by atoms with Crippen molar-refractivity contribution in [3.8, 4) is 0 Å². The van der Waals surface area contributed by atoms with Crippen molar-refractivity contribution in [2.24, 2.45) is 0 Å². The van der Waals surface area contributed by atoms with Gasteiger partial charge in [-0.15, -0.1) is 5.06 Å². The van der Waals surface area contributed by atoms with Crippen LogP contribution in [0.25, 0.3) is 0 Å². The van der Waals surface area contributed by atoms with Crippen molar-refractivity contribution < 1.29 is 29.0 Å². The molecule has 0 saturated heterocycles. The molecule has 0 aromatic heterocycles. The molecule has 0 fully saturated rings. The van der Waals surface area contributed by atoms with Crippen molar-refractivity contribution in [2.45, 2.75) is 10.9 Å². The number of likely N-dealkylation sites (N-methyl/N-ethyl adjacent to an activating group) is 1. The number of nitrogens with zero attached hydrogens (tertiary/aromatic N) is 1. The Balaban J connectivity index is 1.99. The third-order valence-electron chi connectivity index (χ3n) is 4.34. The van der Waals surface area contributed by atoms with E-state index in [1.165, 1.54) is 24.3 Å². The van der Waals surface area contributed by atoms with Crippen molar-refractivity contribution in [1.29, 1.82) is 0 Å². The normalized spacial score (nSPS) is 19.2. The maximum absolute atomic E-state index is 12.9. The van der Waals surface area contributed by atoms with Crippen LogP contribution in [-0.4, -0.2) is 40.4 Å². The summed E-state index contributed by atoms with van der Waals surface area (Å²) in [6, 6.07) is 14.8. The zero-order valence-corrected chi connectivity index (χ0v) is 16.1. The van der Waals surface area contributed by atoms with Crippen LogP contribution in [0.15, 0.2) is 70.8 Å². The number of methoxy groups -OCH3 is 1. The monoisotopic (exact) mass is 404 g/mol. The number of ether oxygens (including phenoxy) is 1. The molecule has 0 spiro atoms. The van der Waals surface area contributed by atoms with Gasteiger partial charge in [-0.3, -0.25) is 4.21 Å². The van der Waals surface area contributed by atoms with Gasteiger partial charge in [0.05, 0.1) is 23.7 Å². The number of hydrogen-bond acceptors (Lipinski definition) is 7. The molecular weight excluding hydrogens is 384 g/mol. The van der Waals surface area contributed by atoms with Crippen molar-refractivity contribution in [1.82, 2.24) is 5.06 Å². The molecule has 1 aliphatic rings. The summed E-state index contributed by atoms with van der Waals surface area (Å²) in [7, 11) is 1.21. The molecule has 1 aliphatic heterocycles. The molecule has 0 amide bonds. The third-order valence-corrected chi connectivity index (χ3v) is 5.71. The molecular formula is C19H20N2O6S. The standard InChI is InChI=1S/C19H20N2O6S/c1-20-18(13-8-4-3-5-9-13)17(19(22)26-2)15(27-20)12-28(25)16-11-7-6-10-14(16)21(23)24/h3-11,18,21,23H,12H2,1-2H3. The van der Waals surface area contributed by atoms with E-state index in [9.17, 15) is 19.4 Å². The first-order valence-electron chi connectivity index (χ1n) is 8.41. The second-order valence-electron chi connectivity index (χ2n) is 6.07. The predicted octanol–water partition coefficient (Wildman–Crippen LogP) is 1.24. The Hall–Kier alpha value is -2.56. The number of hydrogen-bond donors (Lipinski definition) is 2. The minimum Gasteiger partial charge on any atom is -0.595 e. The minimum atomic E-state index is -1.73. The fraction of sp³-hybridized carbons (Fsp3) is 0.211. The van der Waals surface area contributed by atoms with Gasteiger partial charge in [0.25, 0.3) is 0 Å². The first kappa shape index (κ1) is 20.2. The number of carbonyl (C=O) groups is 1. The zero-order chi connectivity index (χ0) is 20.3. The lowest BCUT2D eigenvalue weighted by atomic mass is 9.98. The van der Waals surface area contributed by atoms with E-state index in [0.717, 1.165) is 5.56 Å². The highest BCUT2D eigenvalue weighted by Crippen LogP contribution is 2.38. The van der Waals surface area contributed by atoms with Gasteiger partial charge < -0.3 is 14.8 Å². The van der Waals surface area contributed by atoms with Gasteiger partial charge in [-0.2, -0.15) is 5.23 Å². The largest absolute Gasteiger partial charge is 0.595 e. The van der Waals surface area contributed by atoms with Crippen LogP contribution in [0.2, 0.25) is 0 Å². The summed E-state index contributed by atoms with van der Waals surface area (Å²) in [6.07, 6.45) is 0. The van der Waals surface area contributed by atoms with E-state index in [1.807, 2.05) is 30.3 Å². The van der Waals surface area contributed by atoms with Crippen LogP contribution < -0.4 is 5.23 Å². The molecule has 0 aliphatic carbocycles. The number of para-hydroxylation sites is 1. The average molecular weight is 404 g/mol. The van der Waals surface area contributed by atoms with E-state index in [2.05, 4.69) is 0 Å². The van der Waals surface area contributed by atoms with Crippen molar-refractivity contribution in [3.05, 3.63) is 76.7 Å². The fourth-order valence-corrected chi connectivity index (χ4v) is 4.33. The van der Waals surface area contributed by atoms with Gasteiger partial charge in [0.1, 0.15) is 22.3 Å². The molecule has 148 valence electrons. The molecule has 2 N–H and O–H groups in total. The van der Waals surface area contributed by atoms with E-state index in [4.69, 9.17) is 9.57 Å². The second kappa shape index (κ2) is 8.63. The van der Waals surface area contributed by atoms with E-state index >= 15 is 0 Å². The molecule has 3 atom stereocenters. The molecule has 2 aromatic rings. The lowest BCUT2D eigenvalue weighted by Gasteiger charge is -2.20. The molecule has 3 rings (SSSR count).